The lowest BCUT2D eigenvalue weighted by atomic mass is 9.82. The quantitative estimate of drug-likeness (QED) is 0.297. The summed E-state index contributed by atoms with van der Waals surface area (Å²) in [7, 11) is -4.12. The van der Waals surface area contributed by atoms with E-state index in [1.165, 1.54) is 16.4 Å². The predicted molar refractivity (Wildman–Crippen MR) is 142 cm³/mol. The number of benzene rings is 1. The average molecular weight is 556 g/mol. The number of halogens is 1. The van der Waals surface area contributed by atoms with Crippen LogP contribution in [0.3, 0.4) is 0 Å². The number of carbonyl (C=O) groups excluding carboxylic acids is 1. The summed E-state index contributed by atoms with van der Waals surface area (Å²) < 4.78 is 40.5. The van der Waals surface area contributed by atoms with Gasteiger partial charge in [-0.2, -0.15) is 4.31 Å². The van der Waals surface area contributed by atoms with Crippen molar-refractivity contribution in [2.75, 3.05) is 13.2 Å². The Kier molecular flexibility index (Phi) is 12.3. The van der Waals surface area contributed by atoms with Crippen LogP contribution in [0.5, 0.6) is 5.75 Å². The second kappa shape index (κ2) is 14.6. The SMILES string of the molecule is CCOc1ccc(S(=O)(=O)N(Cc2ccncc2)C(C(=O)NO)[C@H]2CC[C@H](OCC(C)C)CC2)cc1.Cl. The van der Waals surface area contributed by atoms with Crippen molar-refractivity contribution < 1.29 is 27.9 Å². The summed E-state index contributed by atoms with van der Waals surface area (Å²) in [4.78, 5) is 17.1. The molecule has 1 aliphatic carbocycles. The number of amides is 1. The van der Waals surface area contributed by atoms with Gasteiger partial charge in [0.25, 0.3) is 5.91 Å². The highest BCUT2D eigenvalue weighted by Gasteiger charge is 2.42. The van der Waals surface area contributed by atoms with Gasteiger partial charge in [0, 0.05) is 25.5 Å². The molecule has 3 rings (SSSR count). The second-order valence-electron chi connectivity index (χ2n) is 9.50. The van der Waals surface area contributed by atoms with E-state index in [1.807, 2.05) is 6.92 Å². The summed E-state index contributed by atoms with van der Waals surface area (Å²) >= 11 is 0. The van der Waals surface area contributed by atoms with Crippen LogP contribution < -0.4 is 10.2 Å². The number of aromatic nitrogens is 1. The molecule has 1 fully saturated rings. The number of sulfonamides is 1. The highest BCUT2D eigenvalue weighted by atomic mass is 35.5. The van der Waals surface area contributed by atoms with E-state index in [9.17, 15) is 18.4 Å². The third kappa shape index (κ3) is 8.38. The van der Waals surface area contributed by atoms with Crippen LogP contribution in [0.25, 0.3) is 0 Å². The molecule has 2 aromatic rings. The second-order valence-corrected chi connectivity index (χ2v) is 11.4. The molecule has 11 heteroatoms. The molecule has 1 aliphatic rings. The summed E-state index contributed by atoms with van der Waals surface area (Å²) in [5.41, 5.74) is 2.41. The first-order valence-electron chi connectivity index (χ1n) is 12.4. The van der Waals surface area contributed by atoms with Gasteiger partial charge < -0.3 is 9.47 Å². The third-order valence-electron chi connectivity index (χ3n) is 6.35. The Hall–Kier alpha value is -2.24. The maximum Gasteiger partial charge on any atom is 0.262 e. The van der Waals surface area contributed by atoms with Crippen molar-refractivity contribution in [1.82, 2.24) is 14.8 Å². The van der Waals surface area contributed by atoms with E-state index >= 15 is 0 Å². The fourth-order valence-corrected chi connectivity index (χ4v) is 6.19. The Morgan fingerprint density at radius 2 is 1.73 bits per heavy atom. The van der Waals surface area contributed by atoms with Gasteiger partial charge in [-0.1, -0.05) is 13.8 Å². The lowest BCUT2D eigenvalue weighted by Gasteiger charge is -2.38. The molecule has 1 amide bonds. The lowest BCUT2D eigenvalue weighted by molar-refractivity contribution is -0.136. The van der Waals surface area contributed by atoms with E-state index in [4.69, 9.17) is 9.47 Å². The summed E-state index contributed by atoms with van der Waals surface area (Å²) in [5, 5.41) is 9.61. The summed E-state index contributed by atoms with van der Waals surface area (Å²) in [6, 6.07) is 8.48. The van der Waals surface area contributed by atoms with Crippen LogP contribution in [0, 0.1) is 11.8 Å². The van der Waals surface area contributed by atoms with Gasteiger partial charge in [0.15, 0.2) is 0 Å². The molecule has 0 saturated heterocycles. The first-order valence-corrected chi connectivity index (χ1v) is 13.9. The molecule has 1 saturated carbocycles. The van der Waals surface area contributed by atoms with Crippen LogP contribution >= 0.6 is 12.4 Å². The van der Waals surface area contributed by atoms with Gasteiger partial charge in [-0.25, -0.2) is 13.9 Å². The van der Waals surface area contributed by atoms with Crippen LogP contribution in [0.15, 0.2) is 53.7 Å². The molecule has 9 nitrogen and oxygen atoms in total. The van der Waals surface area contributed by atoms with Crippen molar-refractivity contribution in [1.29, 1.82) is 0 Å². The van der Waals surface area contributed by atoms with Crippen molar-refractivity contribution in [3.63, 3.8) is 0 Å². The van der Waals surface area contributed by atoms with Gasteiger partial charge >= 0.3 is 0 Å². The van der Waals surface area contributed by atoms with Gasteiger partial charge in [-0.3, -0.25) is 15.0 Å². The van der Waals surface area contributed by atoms with Crippen LogP contribution in [-0.2, 0) is 26.1 Å². The number of nitrogens with zero attached hydrogens (tertiary/aromatic N) is 2. The monoisotopic (exact) mass is 555 g/mol. The third-order valence-corrected chi connectivity index (χ3v) is 8.19. The van der Waals surface area contributed by atoms with E-state index < -0.39 is 22.0 Å². The zero-order chi connectivity index (χ0) is 26.1. The minimum Gasteiger partial charge on any atom is -0.494 e. The van der Waals surface area contributed by atoms with Crippen molar-refractivity contribution >= 4 is 28.3 Å². The molecule has 2 N–H and O–H groups in total. The summed E-state index contributed by atoms with van der Waals surface area (Å²) in [6.07, 6.45) is 5.89. The molecule has 1 aromatic heterocycles. The first-order chi connectivity index (χ1) is 17.3. The zero-order valence-electron chi connectivity index (χ0n) is 21.6. The van der Waals surface area contributed by atoms with E-state index in [1.54, 1.807) is 42.1 Å². The zero-order valence-corrected chi connectivity index (χ0v) is 23.2. The molecule has 1 atom stereocenters. The number of hydroxylamine groups is 1. The van der Waals surface area contributed by atoms with Gasteiger partial charge in [0.05, 0.1) is 17.6 Å². The predicted octanol–water partition coefficient (Wildman–Crippen LogP) is 4.20. The van der Waals surface area contributed by atoms with Crippen LogP contribution in [0.1, 0.15) is 52.0 Å². The van der Waals surface area contributed by atoms with E-state index in [0.717, 1.165) is 12.8 Å². The Bertz CT molecular complexity index is 1060. The van der Waals surface area contributed by atoms with E-state index in [-0.39, 0.29) is 35.9 Å². The maximum absolute atomic E-state index is 13.9. The fourth-order valence-electron chi connectivity index (χ4n) is 4.56. The molecule has 0 spiro atoms. The average Bonchev–Trinajstić information content (AvgIpc) is 2.88. The molecular formula is C26H38ClN3O6S. The largest absolute Gasteiger partial charge is 0.494 e. The lowest BCUT2D eigenvalue weighted by Crippen LogP contribution is -2.53. The van der Waals surface area contributed by atoms with E-state index in [2.05, 4.69) is 18.8 Å². The van der Waals surface area contributed by atoms with E-state index in [0.29, 0.717) is 43.3 Å². The number of carbonyl (C=O) groups is 1. The Labute approximate surface area is 226 Å². The minimum absolute atomic E-state index is 0. The number of ether oxygens (including phenoxy) is 2. The fraction of sp³-hybridized carbons (Fsp3) is 0.538. The standard InChI is InChI=1S/C26H37N3O6S.ClH/c1-4-34-22-9-11-24(12-10-22)36(32,33)29(17-20-13-15-27-16-14-20)25(26(30)28-31)21-5-7-23(8-6-21)35-18-19(2)3;/h9-16,19,21,23,25,31H,4-8,17-18H2,1-3H3,(H,28,30);1H/t21-,23-,25?;. The number of pyridine rings is 1. The number of nitrogens with one attached hydrogen (secondary N) is 1. The summed E-state index contributed by atoms with van der Waals surface area (Å²) in [6.45, 7) is 7.12. The molecule has 0 bridgehead atoms. The van der Waals surface area contributed by atoms with Crippen LogP contribution in [0.4, 0.5) is 0 Å². The Morgan fingerprint density at radius 3 is 2.27 bits per heavy atom. The Balaban J connectivity index is 0.00000481. The number of rotatable bonds is 12. The van der Waals surface area contributed by atoms with Gasteiger partial charge in [-0.15, -0.1) is 12.4 Å². The molecule has 1 aromatic carbocycles. The Morgan fingerprint density at radius 1 is 1.11 bits per heavy atom. The molecule has 0 aliphatic heterocycles. The normalized spacial score (nSPS) is 18.8. The highest BCUT2D eigenvalue weighted by molar-refractivity contribution is 7.89. The smallest absolute Gasteiger partial charge is 0.262 e. The van der Waals surface area contributed by atoms with Crippen LogP contribution in [0.2, 0.25) is 0 Å². The first kappa shape index (κ1) is 31.0. The molecule has 206 valence electrons. The van der Waals surface area contributed by atoms with Crippen molar-refractivity contribution in [3.8, 4) is 5.75 Å². The van der Waals surface area contributed by atoms with Crippen molar-refractivity contribution in [2.24, 2.45) is 11.8 Å². The van der Waals surface area contributed by atoms with Crippen molar-refractivity contribution in [3.05, 3.63) is 54.4 Å². The van der Waals surface area contributed by atoms with Gasteiger partial charge in [-0.05, 0) is 86.4 Å². The minimum atomic E-state index is -4.12. The molecule has 1 unspecified atom stereocenters. The van der Waals surface area contributed by atoms with Gasteiger partial charge in [0.2, 0.25) is 10.0 Å². The van der Waals surface area contributed by atoms with Gasteiger partial charge in [0.1, 0.15) is 11.8 Å². The van der Waals surface area contributed by atoms with Crippen LogP contribution in [-0.4, -0.2) is 54.2 Å². The molecule has 0 radical (unpaired) electrons. The highest BCUT2D eigenvalue weighted by Crippen LogP contribution is 2.34. The summed E-state index contributed by atoms with van der Waals surface area (Å²) in [5.74, 6) is -0.0484. The number of hydrogen-bond acceptors (Lipinski definition) is 7. The molecule has 1 heterocycles. The number of hydrogen-bond donors (Lipinski definition) is 2. The molecule has 37 heavy (non-hydrogen) atoms. The molecular weight excluding hydrogens is 518 g/mol. The topological polar surface area (TPSA) is 118 Å². The maximum atomic E-state index is 13.9. The van der Waals surface area contributed by atoms with Crippen molar-refractivity contribution in [2.45, 2.75) is 70.0 Å².